The van der Waals surface area contributed by atoms with Crippen LogP contribution in [-0.2, 0) is 14.3 Å². The summed E-state index contributed by atoms with van der Waals surface area (Å²) in [6, 6.07) is 0.236. The minimum absolute atomic E-state index is 0.236. The van der Waals surface area contributed by atoms with Gasteiger partial charge in [0.1, 0.15) is 0 Å². The molecule has 128 valence electrons. The minimum Gasteiger partial charge on any atom is -0.483 e. The molecule has 1 aliphatic carbocycles. The molecule has 1 heterocycles. The second-order valence-electron chi connectivity index (χ2n) is 6.37. The number of ether oxygens (including phenoxy) is 1. The maximum absolute atomic E-state index is 12.4. The van der Waals surface area contributed by atoms with Gasteiger partial charge in [-0.1, -0.05) is 25.7 Å². The molecule has 6 heteroatoms. The van der Waals surface area contributed by atoms with Gasteiger partial charge in [-0.2, -0.15) is 0 Å². The van der Waals surface area contributed by atoms with Gasteiger partial charge < -0.3 is 19.6 Å². The normalized spacial score (nSPS) is 22.3. The first-order valence-corrected chi connectivity index (χ1v) is 8.18. The van der Waals surface area contributed by atoms with Crippen molar-refractivity contribution >= 4 is 12.4 Å². The number of rotatable bonds is 5. The highest BCUT2D eigenvalue weighted by molar-refractivity contribution is 5.76. The van der Waals surface area contributed by atoms with Crippen LogP contribution in [0, 0.1) is 5.92 Å². The van der Waals surface area contributed by atoms with E-state index in [1.54, 1.807) is 0 Å². The molecule has 1 N–H and O–H groups in total. The monoisotopic (exact) mass is 314 g/mol. The van der Waals surface area contributed by atoms with Crippen molar-refractivity contribution in [2.45, 2.75) is 44.6 Å². The van der Waals surface area contributed by atoms with Crippen LogP contribution in [0.2, 0.25) is 0 Å². The molecule has 22 heavy (non-hydrogen) atoms. The summed E-state index contributed by atoms with van der Waals surface area (Å²) in [6.07, 6.45) is 7.20. The molecular formula is C16H30N2O4. The molecule has 2 fully saturated rings. The van der Waals surface area contributed by atoms with Crippen LogP contribution in [-0.4, -0.2) is 73.7 Å². The maximum Gasteiger partial charge on any atom is 0.290 e. The summed E-state index contributed by atoms with van der Waals surface area (Å²) < 4.78 is 5.52. The van der Waals surface area contributed by atoms with Crippen molar-refractivity contribution < 1.29 is 19.4 Å². The first-order chi connectivity index (χ1) is 10.6. The summed E-state index contributed by atoms with van der Waals surface area (Å²) >= 11 is 0. The van der Waals surface area contributed by atoms with Gasteiger partial charge in [-0.3, -0.25) is 9.59 Å². The van der Waals surface area contributed by atoms with Crippen LogP contribution in [0.5, 0.6) is 0 Å². The van der Waals surface area contributed by atoms with E-state index in [0.717, 1.165) is 31.8 Å². The lowest BCUT2D eigenvalue weighted by molar-refractivity contribution is -0.140. The third-order valence-corrected chi connectivity index (χ3v) is 4.36. The average molecular weight is 314 g/mol. The van der Waals surface area contributed by atoms with Crippen molar-refractivity contribution in [3.05, 3.63) is 0 Å². The number of amides is 1. The van der Waals surface area contributed by atoms with Crippen LogP contribution >= 0.6 is 0 Å². The van der Waals surface area contributed by atoms with E-state index in [-0.39, 0.29) is 12.5 Å². The molecule has 0 spiro atoms. The Hall–Kier alpha value is -1.14. The summed E-state index contributed by atoms with van der Waals surface area (Å²) in [6.45, 7) is 2.80. The Morgan fingerprint density at radius 2 is 2.00 bits per heavy atom. The second-order valence-corrected chi connectivity index (χ2v) is 6.37. The maximum atomic E-state index is 12.4. The molecule has 1 aliphatic heterocycles. The highest BCUT2D eigenvalue weighted by Crippen LogP contribution is 2.28. The standard InChI is InChI=1S/C15H28N2O2.CH2O2/c1-16(2)11-14-12-19-10-9-17(14)15(18)8-7-13-5-3-4-6-13;2-1-3/h13-14H,3-12H2,1-2H3;1H,(H,2,3). The largest absolute Gasteiger partial charge is 0.483 e. The molecule has 0 aromatic carbocycles. The number of carboxylic acid groups (broad SMARTS) is 1. The molecule has 2 aliphatic rings. The fourth-order valence-electron chi connectivity index (χ4n) is 3.33. The van der Waals surface area contributed by atoms with Crippen LogP contribution in [0.4, 0.5) is 0 Å². The lowest BCUT2D eigenvalue weighted by Gasteiger charge is -2.37. The van der Waals surface area contributed by atoms with Crippen molar-refractivity contribution in [3.8, 4) is 0 Å². The van der Waals surface area contributed by atoms with Crippen LogP contribution in [0.25, 0.3) is 0 Å². The number of morpholine rings is 1. The number of carbonyl (C=O) groups excluding carboxylic acids is 1. The summed E-state index contributed by atoms with van der Waals surface area (Å²) in [5.41, 5.74) is 0. The quantitative estimate of drug-likeness (QED) is 0.778. The van der Waals surface area contributed by atoms with Gasteiger partial charge in [-0.25, -0.2) is 0 Å². The summed E-state index contributed by atoms with van der Waals surface area (Å²) in [5.74, 6) is 1.14. The van der Waals surface area contributed by atoms with Gasteiger partial charge in [0.2, 0.25) is 5.91 Å². The molecule has 1 amide bonds. The zero-order chi connectivity index (χ0) is 16.4. The van der Waals surface area contributed by atoms with Crippen LogP contribution < -0.4 is 0 Å². The summed E-state index contributed by atoms with van der Waals surface area (Å²) in [4.78, 5) is 24.9. The molecule has 0 bridgehead atoms. The third-order valence-electron chi connectivity index (χ3n) is 4.36. The van der Waals surface area contributed by atoms with Gasteiger partial charge in [-0.05, 0) is 26.4 Å². The van der Waals surface area contributed by atoms with Crippen LogP contribution in [0.1, 0.15) is 38.5 Å². The van der Waals surface area contributed by atoms with E-state index in [0.29, 0.717) is 19.1 Å². The fraction of sp³-hybridized carbons (Fsp3) is 0.875. The summed E-state index contributed by atoms with van der Waals surface area (Å²) in [5, 5.41) is 6.89. The van der Waals surface area contributed by atoms with Gasteiger partial charge in [0.05, 0.1) is 19.3 Å². The number of likely N-dealkylation sites (N-methyl/N-ethyl adjacent to an activating group) is 1. The van der Waals surface area contributed by atoms with Crippen LogP contribution in [0.3, 0.4) is 0 Å². The van der Waals surface area contributed by atoms with Gasteiger partial charge >= 0.3 is 0 Å². The van der Waals surface area contributed by atoms with Gasteiger partial charge in [0, 0.05) is 19.5 Å². The Balaban J connectivity index is 0.000000745. The highest BCUT2D eigenvalue weighted by Gasteiger charge is 2.28. The molecule has 1 unspecified atom stereocenters. The van der Waals surface area contributed by atoms with Crippen molar-refractivity contribution in [1.82, 2.24) is 9.80 Å². The first kappa shape index (κ1) is 18.9. The molecule has 0 radical (unpaired) electrons. The van der Waals surface area contributed by atoms with E-state index < -0.39 is 0 Å². The molecule has 1 atom stereocenters. The van der Waals surface area contributed by atoms with Crippen molar-refractivity contribution in [2.75, 3.05) is 40.4 Å². The Kier molecular flexibility index (Phi) is 9.08. The van der Waals surface area contributed by atoms with Gasteiger partial charge in [0.25, 0.3) is 6.47 Å². The van der Waals surface area contributed by atoms with E-state index in [1.165, 1.54) is 25.7 Å². The van der Waals surface area contributed by atoms with E-state index in [9.17, 15) is 4.79 Å². The Morgan fingerprint density at radius 3 is 2.59 bits per heavy atom. The lowest BCUT2D eigenvalue weighted by atomic mass is 10.0. The van der Waals surface area contributed by atoms with E-state index >= 15 is 0 Å². The predicted octanol–water partition coefficient (Wildman–Crippen LogP) is 1.45. The molecule has 1 saturated heterocycles. The molecule has 6 nitrogen and oxygen atoms in total. The van der Waals surface area contributed by atoms with Gasteiger partial charge in [0.15, 0.2) is 0 Å². The number of nitrogens with zero attached hydrogens (tertiary/aromatic N) is 2. The third kappa shape index (κ3) is 6.75. The molecule has 1 saturated carbocycles. The molecule has 2 rings (SSSR count). The SMILES string of the molecule is CN(C)CC1COCCN1C(=O)CCC1CCCC1.O=CO. The Labute approximate surface area is 133 Å². The zero-order valence-electron chi connectivity index (χ0n) is 13.9. The van der Waals surface area contributed by atoms with E-state index in [1.807, 2.05) is 0 Å². The van der Waals surface area contributed by atoms with Crippen molar-refractivity contribution in [2.24, 2.45) is 5.92 Å². The Morgan fingerprint density at radius 1 is 1.36 bits per heavy atom. The van der Waals surface area contributed by atoms with E-state index in [4.69, 9.17) is 14.6 Å². The smallest absolute Gasteiger partial charge is 0.290 e. The van der Waals surface area contributed by atoms with E-state index in [2.05, 4.69) is 23.9 Å². The zero-order valence-corrected chi connectivity index (χ0v) is 13.9. The molecule has 0 aromatic rings. The Bertz CT molecular complexity index is 330. The second kappa shape index (κ2) is 10.6. The van der Waals surface area contributed by atoms with Crippen molar-refractivity contribution in [3.63, 3.8) is 0 Å². The van der Waals surface area contributed by atoms with Gasteiger partial charge in [-0.15, -0.1) is 0 Å². The topological polar surface area (TPSA) is 70.1 Å². The van der Waals surface area contributed by atoms with Crippen molar-refractivity contribution in [1.29, 1.82) is 0 Å². The van der Waals surface area contributed by atoms with Crippen LogP contribution in [0.15, 0.2) is 0 Å². The minimum atomic E-state index is -0.250. The summed E-state index contributed by atoms with van der Waals surface area (Å²) in [7, 11) is 4.10. The molecular weight excluding hydrogens is 284 g/mol. The highest BCUT2D eigenvalue weighted by atomic mass is 16.5. The molecule has 0 aromatic heterocycles. The number of hydrogen-bond donors (Lipinski definition) is 1. The fourth-order valence-corrected chi connectivity index (χ4v) is 3.33. The average Bonchev–Trinajstić information content (AvgIpc) is 2.99. The lowest BCUT2D eigenvalue weighted by Crippen LogP contribution is -2.52. The first-order valence-electron chi connectivity index (χ1n) is 8.18. The number of hydrogen-bond acceptors (Lipinski definition) is 4. The number of carbonyl (C=O) groups is 2. The predicted molar refractivity (Wildman–Crippen MR) is 84.8 cm³/mol.